The molecule has 1 aromatic rings. The van der Waals surface area contributed by atoms with Crippen LogP contribution in [-0.4, -0.2) is 35.6 Å². The van der Waals surface area contributed by atoms with Crippen LogP contribution in [-0.2, 0) is 0 Å². The van der Waals surface area contributed by atoms with Gasteiger partial charge in [0.25, 0.3) is 0 Å². The van der Waals surface area contributed by atoms with E-state index in [2.05, 4.69) is 16.8 Å². The van der Waals surface area contributed by atoms with Crippen molar-refractivity contribution in [2.75, 3.05) is 19.6 Å². The third-order valence-electron chi connectivity index (χ3n) is 2.38. The lowest BCUT2D eigenvalue weighted by molar-refractivity contribution is 0.168. The lowest BCUT2D eigenvalue weighted by atomic mass is 10.3. The van der Waals surface area contributed by atoms with Crippen molar-refractivity contribution < 1.29 is 4.74 Å². The Morgan fingerprint density at radius 2 is 2.36 bits per heavy atom. The topological polar surface area (TPSA) is 25.1 Å². The first kappa shape index (κ1) is 9.46. The fraction of sp³-hybridized carbons (Fsp3) is 0.545. The van der Waals surface area contributed by atoms with E-state index in [1.165, 1.54) is 13.1 Å². The maximum Gasteiger partial charge on any atom is 0.213 e. The smallest absolute Gasteiger partial charge is 0.213 e. The molecule has 3 heteroatoms. The second kappa shape index (κ2) is 4.42. The van der Waals surface area contributed by atoms with Gasteiger partial charge in [-0.25, -0.2) is 4.98 Å². The molecule has 0 aliphatic carbocycles. The van der Waals surface area contributed by atoms with Crippen molar-refractivity contribution in [2.24, 2.45) is 0 Å². The summed E-state index contributed by atoms with van der Waals surface area (Å²) in [5.41, 5.74) is 0. The normalized spacial score (nSPS) is 17.8. The number of ether oxygens (including phenoxy) is 1. The lowest BCUT2D eigenvalue weighted by Gasteiger charge is -2.16. The lowest BCUT2D eigenvalue weighted by Crippen LogP contribution is -2.25. The summed E-state index contributed by atoms with van der Waals surface area (Å²) in [5, 5.41) is 0. The zero-order chi connectivity index (χ0) is 9.80. The van der Waals surface area contributed by atoms with Crippen molar-refractivity contribution in [3.05, 3.63) is 24.4 Å². The van der Waals surface area contributed by atoms with Crippen LogP contribution in [0, 0.1) is 0 Å². The monoisotopic (exact) mass is 192 g/mol. The van der Waals surface area contributed by atoms with Gasteiger partial charge >= 0.3 is 0 Å². The van der Waals surface area contributed by atoms with Crippen LogP contribution < -0.4 is 4.74 Å². The highest BCUT2D eigenvalue weighted by Gasteiger charge is 2.22. The number of nitrogens with zero attached hydrogens (tertiary/aromatic N) is 2. The summed E-state index contributed by atoms with van der Waals surface area (Å²) in [6.07, 6.45) is 3.08. The largest absolute Gasteiger partial charge is 0.473 e. The van der Waals surface area contributed by atoms with Crippen molar-refractivity contribution in [1.82, 2.24) is 9.88 Å². The van der Waals surface area contributed by atoms with E-state index >= 15 is 0 Å². The van der Waals surface area contributed by atoms with Crippen LogP contribution in [0.15, 0.2) is 24.4 Å². The molecule has 1 aliphatic rings. The van der Waals surface area contributed by atoms with Crippen LogP contribution >= 0.6 is 0 Å². The summed E-state index contributed by atoms with van der Waals surface area (Å²) in [4.78, 5) is 6.53. The van der Waals surface area contributed by atoms with Gasteiger partial charge in [0, 0.05) is 31.9 Å². The first-order valence-corrected chi connectivity index (χ1v) is 5.18. The molecule has 0 radical (unpaired) electrons. The predicted octanol–water partition coefficient (Wildman–Crippen LogP) is 1.55. The number of pyridine rings is 1. The Morgan fingerprint density at radius 3 is 2.93 bits per heavy atom. The molecule has 1 aliphatic heterocycles. The van der Waals surface area contributed by atoms with Gasteiger partial charge in [-0.1, -0.05) is 13.0 Å². The summed E-state index contributed by atoms with van der Waals surface area (Å²) < 4.78 is 5.76. The molecule has 0 aromatic carbocycles. The summed E-state index contributed by atoms with van der Waals surface area (Å²) in [6, 6.07) is 5.76. The molecule has 1 unspecified atom stereocenters. The highest BCUT2D eigenvalue weighted by atomic mass is 16.5. The van der Waals surface area contributed by atoms with Gasteiger partial charge in [-0.15, -0.1) is 0 Å². The summed E-state index contributed by atoms with van der Waals surface area (Å²) >= 11 is 0. The van der Waals surface area contributed by atoms with Gasteiger partial charge in [0.05, 0.1) is 0 Å². The van der Waals surface area contributed by atoms with E-state index in [1.54, 1.807) is 6.20 Å². The zero-order valence-corrected chi connectivity index (χ0v) is 8.52. The molecule has 2 heterocycles. The maximum absolute atomic E-state index is 5.76. The number of hydrogen-bond donors (Lipinski definition) is 0. The van der Waals surface area contributed by atoms with Gasteiger partial charge in [-0.3, -0.25) is 4.90 Å². The Hall–Kier alpha value is -1.09. The third kappa shape index (κ3) is 2.70. The van der Waals surface area contributed by atoms with Gasteiger partial charge in [-0.05, 0) is 12.5 Å². The summed E-state index contributed by atoms with van der Waals surface area (Å²) in [5.74, 6) is 0.737. The van der Waals surface area contributed by atoms with E-state index in [0.717, 1.165) is 18.8 Å². The average Bonchev–Trinajstić information content (AvgIpc) is 3.02. The minimum Gasteiger partial charge on any atom is -0.473 e. The molecule has 14 heavy (non-hydrogen) atoms. The fourth-order valence-corrected chi connectivity index (χ4v) is 1.38. The van der Waals surface area contributed by atoms with Crippen LogP contribution in [0.25, 0.3) is 0 Å². The Kier molecular flexibility index (Phi) is 2.99. The van der Waals surface area contributed by atoms with Crippen LogP contribution in [0.3, 0.4) is 0 Å². The van der Waals surface area contributed by atoms with Crippen molar-refractivity contribution in [3.8, 4) is 5.88 Å². The van der Waals surface area contributed by atoms with Gasteiger partial charge in [-0.2, -0.15) is 0 Å². The molecule has 0 saturated carbocycles. The van der Waals surface area contributed by atoms with E-state index in [9.17, 15) is 0 Å². The minimum absolute atomic E-state index is 0.285. The third-order valence-corrected chi connectivity index (χ3v) is 2.38. The molecule has 0 spiro atoms. The zero-order valence-electron chi connectivity index (χ0n) is 8.52. The molecular formula is C11H16N2O. The SMILES string of the molecule is CCC(CN1CC1)Oc1ccccn1. The number of hydrogen-bond acceptors (Lipinski definition) is 3. The standard InChI is InChI=1S/C11H16N2O/c1-2-10(9-13-7-8-13)14-11-5-3-4-6-12-11/h3-6,10H,2,7-9H2,1H3. The van der Waals surface area contributed by atoms with Gasteiger partial charge in [0.15, 0.2) is 0 Å². The molecule has 0 bridgehead atoms. The van der Waals surface area contributed by atoms with Crippen LogP contribution in [0.4, 0.5) is 0 Å². The molecular weight excluding hydrogens is 176 g/mol. The molecule has 0 amide bonds. The highest BCUT2D eigenvalue weighted by Crippen LogP contribution is 2.12. The number of rotatable bonds is 5. The summed E-state index contributed by atoms with van der Waals surface area (Å²) in [6.45, 7) is 5.63. The molecule has 0 N–H and O–H groups in total. The second-order valence-corrected chi connectivity index (χ2v) is 3.62. The van der Waals surface area contributed by atoms with E-state index in [-0.39, 0.29) is 6.10 Å². The van der Waals surface area contributed by atoms with Crippen molar-refractivity contribution in [3.63, 3.8) is 0 Å². The molecule has 3 nitrogen and oxygen atoms in total. The molecule has 1 atom stereocenters. The van der Waals surface area contributed by atoms with Crippen LogP contribution in [0.2, 0.25) is 0 Å². The van der Waals surface area contributed by atoms with Crippen LogP contribution in [0.1, 0.15) is 13.3 Å². The van der Waals surface area contributed by atoms with Crippen molar-refractivity contribution in [1.29, 1.82) is 0 Å². The Bertz CT molecular complexity index is 272. The fourth-order valence-electron chi connectivity index (χ4n) is 1.38. The Morgan fingerprint density at radius 1 is 1.50 bits per heavy atom. The molecule has 1 fully saturated rings. The first-order valence-electron chi connectivity index (χ1n) is 5.18. The Balaban J connectivity index is 1.87. The van der Waals surface area contributed by atoms with Gasteiger partial charge in [0.1, 0.15) is 6.10 Å². The Labute approximate surface area is 84.7 Å². The van der Waals surface area contributed by atoms with Gasteiger partial charge in [0.2, 0.25) is 5.88 Å². The molecule has 1 saturated heterocycles. The van der Waals surface area contributed by atoms with Crippen molar-refractivity contribution in [2.45, 2.75) is 19.4 Å². The second-order valence-electron chi connectivity index (χ2n) is 3.62. The van der Waals surface area contributed by atoms with Crippen LogP contribution in [0.5, 0.6) is 5.88 Å². The average molecular weight is 192 g/mol. The number of aromatic nitrogens is 1. The summed E-state index contributed by atoms with van der Waals surface area (Å²) in [7, 11) is 0. The quantitative estimate of drug-likeness (QED) is 0.662. The molecule has 1 aromatic heterocycles. The predicted molar refractivity (Wildman–Crippen MR) is 55.4 cm³/mol. The maximum atomic E-state index is 5.76. The van der Waals surface area contributed by atoms with Crippen molar-refractivity contribution >= 4 is 0 Å². The van der Waals surface area contributed by atoms with E-state index < -0.39 is 0 Å². The van der Waals surface area contributed by atoms with E-state index in [0.29, 0.717) is 0 Å². The first-order chi connectivity index (χ1) is 6.88. The minimum atomic E-state index is 0.285. The molecule has 2 rings (SSSR count). The molecule has 76 valence electrons. The van der Waals surface area contributed by atoms with Gasteiger partial charge < -0.3 is 4.74 Å². The highest BCUT2D eigenvalue weighted by molar-refractivity contribution is 5.09. The van der Waals surface area contributed by atoms with E-state index in [1.807, 2.05) is 18.2 Å². The van der Waals surface area contributed by atoms with E-state index in [4.69, 9.17) is 4.74 Å².